The summed E-state index contributed by atoms with van der Waals surface area (Å²) in [5, 5.41) is 12.3. The maximum atomic E-state index is 12.2. The first-order valence-electron chi connectivity index (χ1n) is 6.90. The third-order valence-electron chi connectivity index (χ3n) is 3.41. The Balaban J connectivity index is 1.91. The molecular weight excluding hydrogens is 272 g/mol. The third-order valence-corrected chi connectivity index (χ3v) is 4.43. The number of hydrogen-bond acceptors (Lipinski definition) is 4. The van der Waals surface area contributed by atoms with E-state index < -0.39 is 0 Å². The lowest BCUT2D eigenvalue weighted by Gasteiger charge is -2.26. The number of benzene rings is 1. The van der Waals surface area contributed by atoms with Crippen LogP contribution in [0.1, 0.15) is 24.8 Å². The molecule has 2 rings (SSSR count). The number of nitrogens with zero attached hydrogens (tertiary/aromatic N) is 2. The number of thioether (sulfide) groups is 1. The first kappa shape index (κ1) is 14.9. The Hall–Kier alpha value is -1.49. The summed E-state index contributed by atoms with van der Waals surface area (Å²) in [6, 6.07) is 8.09. The van der Waals surface area contributed by atoms with Crippen molar-refractivity contribution >= 4 is 23.4 Å². The molecule has 1 aromatic rings. The Morgan fingerprint density at radius 1 is 1.25 bits per heavy atom. The average molecular weight is 292 g/mol. The van der Waals surface area contributed by atoms with Gasteiger partial charge in [0.25, 0.3) is 5.91 Å². The number of carbonyl (C=O) groups is 1. The monoisotopic (exact) mass is 292 g/mol. The van der Waals surface area contributed by atoms with Gasteiger partial charge in [-0.1, -0.05) is 22.9 Å². The first-order chi connectivity index (χ1) is 9.70. The van der Waals surface area contributed by atoms with E-state index in [4.69, 9.17) is 5.21 Å². The minimum atomic E-state index is -0.133. The lowest BCUT2D eigenvalue weighted by Crippen LogP contribution is -2.40. The number of rotatable bonds is 4. The second-order valence-corrected chi connectivity index (χ2v) is 6.05. The molecule has 0 radical (unpaired) electrons. The minimum Gasteiger partial charge on any atom is -0.410 e. The molecule has 0 aliphatic carbocycles. The van der Waals surface area contributed by atoms with Crippen LogP contribution in [-0.2, 0) is 4.79 Å². The van der Waals surface area contributed by atoms with Crippen LogP contribution in [0, 0.1) is 6.92 Å². The van der Waals surface area contributed by atoms with Gasteiger partial charge in [0.15, 0.2) is 5.71 Å². The maximum absolute atomic E-state index is 12.2. The van der Waals surface area contributed by atoms with Crippen molar-refractivity contribution in [3.8, 4) is 0 Å². The molecule has 0 atom stereocenters. The van der Waals surface area contributed by atoms with Crippen molar-refractivity contribution in [2.75, 3.05) is 18.8 Å². The average Bonchev–Trinajstić information content (AvgIpc) is 2.50. The minimum absolute atomic E-state index is 0.133. The van der Waals surface area contributed by atoms with E-state index in [0.717, 1.165) is 30.8 Å². The standard InChI is InChI=1S/C15H20N2O2S/c1-12-5-7-13(8-6-12)20-11-14(16-19)15(18)17-9-3-2-4-10-17/h5-8,19H,2-4,9-11H2,1H3/b16-14-. The highest BCUT2D eigenvalue weighted by atomic mass is 32.2. The quantitative estimate of drug-likeness (QED) is 0.402. The molecule has 1 amide bonds. The van der Waals surface area contributed by atoms with Gasteiger partial charge in [0, 0.05) is 23.7 Å². The summed E-state index contributed by atoms with van der Waals surface area (Å²) in [7, 11) is 0. The van der Waals surface area contributed by atoms with Gasteiger partial charge in [-0.2, -0.15) is 0 Å². The van der Waals surface area contributed by atoms with Crippen molar-refractivity contribution in [2.24, 2.45) is 5.16 Å². The number of aryl methyl sites for hydroxylation is 1. The number of piperidine rings is 1. The first-order valence-corrected chi connectivity index (χ1v) is 7.89. The molecule has 0 unspecified atom stereocenters. The largest absolute Gasteiger partial charge is 0.410 e. The smallest absolute Gasteiger partial charge is 0.272 e. The summed E-state index contributed by atoms with van der Waals surface area (Å²) >= 11 is 1.52. The second-order valence-electron chi connectivity index (χ2n) is 5.00. The van der Waals surface area contributed by atoms with Gasteiger partial charge in [-0.05, 0) is 38.3 Å². The fourth-order valence-corrected chi connectivity index (χ4v) is 3.01. The van der Waals surface area contributed by atoms with Crippen molar-refractivity contribution < 1.29 is 10.0 Å². The SMILES string of the molecule is Cc1ccc(SC/C(=N/O)C(=O)N2CCCCC2)cc1. The van der Waals surface area contributed by atoms with E-state index in [1.54, 1.807) is 4.90 Å². The predicted octanol–water partition coefficient (Wildman–Crippen LogP) is 2.93. The summed E-state index contributed by atoms with van der Waals surface area (Å²) in [6.07, 6.45) is 3.25. The molecule has 1 aliphatic rings. The van der Waals surface area contributed by atoms with E-state index in [1.807, 2.05) is 31.2 Å². The summed E-state index contributed by atoms with van der Waals surface area (Å²) in [5.74, 6) is 0.265. The molecule has 0 saturated carbocycles. The second kappa shape index (κ2) is 7.33. The number of oxime groups is 1. The lowest BCUT2D eigenvalue weighted by molar-refractivity contribution is -0.125. The Kier molecular flexibility index (Phi) is 5.47. The van der Waals surface area contributed by atoms with Gasteiger partial charge in [-0.15, -0.1) is 11.8 Å². The molecule has 0 spiro atoms. The molecule has 1 saturated heterocycles. The molecule has 108 valence electrons. The van der Waals surface area contributed by atoms with Gasteiger partial charge in [0.05, 0.1) is 0 Å². The van der Waals surface area contributed by atoms with Crippen molar-refractivity contribution in [1.82, 2.24) is 4.90 Å². The van der Waals surface area contributed by atoms with E-state index >= 15 is 0 Å². The van der Waals surface area contributed by atoms with Crippen LogP contribution in [0.25, 0.3) is 0 Å². The molecule has 1 aliphatic heterocycles. The van der Waals surface area contributed by atoms with Gasteiger partial charge in [-0.25, -0.2) is 0 Å². The zero-order valence-corrected chi connectivity index (χ0v) is 12.5. The van der Waals surface area contributed by atoms with E-state index in [9.17, 15) is 4.79 Å². The van der Waals surface area contributed by atoms with Crippen LogP contribution < -0.4 is 0 Å². The molecule has 1 fully saturated rings. The molecule has 1 N–H and O–H groups in total. The zero-order chi connectivity index (χ0) is 14.4. The van der Waals surface area contributed by atoms with E-state index in [2.05, 4.69) is 5.16 Å². The van der Waals surface area contributed by atoms with Gasteiger partial charge in [-0.3, -0.25) is 4.79 Å². The van der Waals surface area contributed by atoms with Gasteiger partial charge < -0.3 is 10.1 Å². The van der Waals surface area contributed by atoms with Gasteiger partial charge in [0.1, 0.15) is 0 Å². The van der Waals surface area contributed by atoms with Crippen molar-refractivity contribution in [1.29, 1.82) is 0 Å². The topological polar surface area (TPSA) is 52.9 Å². The molecule has 20 heavy (non-hydrogen) atoms. The van der Waals surface area contributed by atoms with E-state index in [-0.39, 0.29) is 11.6 Å². The molecule has 0 aromatic heterocycles. The van der Waals surface area contributed by atoms with Crippen LogP contribution in [0.2, 0.25) is 0 Å². The fraction of sp³-hybridized carbons (Fsp3) is 0.467. The van der Waals surface area contributed by atoms with Crippen molar-refractivity contribution in [3.05, 3.63) is 29.8 Å². The number of amides is 1. The highest BCUT2D eigenvalue weighted by Crippen LogP contribution is 2.19. The van der Waals surface area contributed by atoms with Crippen LogP contribution in [-0.4, -0.2) is 40.6 Å². The lowest BCUT2D eigenvalue weighted by atomic mass is 10.1. The molecular formula is C15H20N2O2S. The van der Waals surface area contributed by atoms with Crippen molar-refractivity contribution in [2.45, 2.75) is 31.1 Å². The number of carbonyl (C=O) groups excluding carboxylic acids is 1. The van der Waals surface area contributed by atoms with Gasteiger partial charge >= 0.3 is 0 Å². The predicted molar refractivity (Wildman–Crippen MR) is 81.6 cm³/mol. The molecule has 4 nitrogen and oxygen atoms in total. The zero-order valence-electron chi connectivity index (χ0n) is 11.7. The maximum Gasteiger partial charge on any atom is 0.272 e. The summed E-state index contributed by atoms with van der Waals surface area (Å²) in [4.78, 5) is 15.1. The van der Waals surface area contributed by atoms with Gasteiger partial charge in [0.2, 0.25) is 0 Å². The summed E-state index contributed by atoms with van der Waals surface area (Å²) in [5.41, 5.74) is 1.44. The van der Waals surface area contributed by atoms with Crippen molar-refractivity contribution in [3.63, 3.8) is 0 Å². The van der Waals surface area contributed by atoms with E-state index in [1.165, 1.54) is 23.7 Å². The third kappa shape index (κ3) is 4.00. The number of likely N-dealkylation sites (tertiary alicyclic amines) is 1. The Bertz CT molecular complexity index is 479. The normalized spacial score (nSPS) is 16.2. The van der Waals surface area contributed by atoms with Crippen LogP contribution in [0.4, 0.5) is 0 Å². The summed E-state index contributed by atoms with van der Waals surface area (Å²) < 4.78 is 0. The number of hydrogen-bond donors (Lipinski definition) is 1. The molecule has 1 aromatic carbocycles. The molecule has 0 bridgehead atoms. The van der Waals surface area contributed by atoms with E-state index in [0.29, 0.717) is 5.75 Å². The molecule has 1 heterocycles. The Morgan fingerprint density at radius 3 is 2.50 bits per heavy atom. The van der Waals surface area contributed by atoms with Crippen LogP contribution >= 0.6 is 11.8 Å². The summed E-state index contributed by atoms with van der Waals surface area (Å²) in [6.45, 7) is 3.58. The highest BCUT2D eigenvalue weighted by molar-refractivity contribution is 8.00. The Labute approximate surface area is 123 Å². The van der Waals surface area contributed by atoms with Crippen LogP contribution in [0.3, 0.4) is 0 Å². The van der Waals surface area contributed by atoms with Crippen LogP contribution in [0.5, 0.6) is 0 Å². The Morgan fingerprint density at radius 2 is 1.90 bits per heavy atom. The molecule has 5 heteroatoms. The van der Waals surface area contributed by atoms with Crippen LogP contribution in [0.15, 0.2) is 34.3 Å². The highest BCUT2D eigenvalue weighted by Gasteiger charge is 2.22. The fourth-order valence-electron chi connectivity index (χ4n) is 2.20.